The summed E-state index contributed by atoms with van der Waals surface area (Å²) < 4.78 is 65.2. The molecule has 0 fully saturated rings. The Hall–Kier alpha value is -1.48. The molecule has 0 saturated heterocycles. The van der Waals surface area contributed by atoms with Crippen LogP contribution in [0, 0.1) is 0 Å². The number of halogens is 3. The number of rotatable bonds is 3. The van der Waals surface area contributed by atoms with Gasteiger partial charge in [0.25, 0.3) is 10.2 Å². The summed E-state index contributed by atoms with van der Waals surface area (Å²) in [4.78, 5) is 0. The van der Waals surface area contributed by atoms with Crippen LogP contribution in [0.4, 0.5) is 24.5 Å². The third-order valence-electron chi connectivity index (χ3n) is 2.06. The Morgan fingerprint density at radius 2 is 1.70 bits per heavy atom. The molecule has 5 nitrogen and oxygen atoms in total. The molecule has 0 aromatic heterocycles. The molecule has 0 bridgehead atoms. The first-order chi connectivity index (χ1) is 8.80. The molecule has 4 N–H and O–H groups in total. The second-order valence-corrected chi connectivity index (χ2v) is 6.67. The van der Waals surface area contributed by atoms with Gasteiger partial charge in [-0.05, 0) is 39.0 Å². The molecule has 0 atom stereocenters. The van der Waals surface area contributed by atoms with E-state index in [2.05, 4.69) is 9.44 Å². The van der Waals surface area contributed by atoms with Gasteiger partial charge in [-0.2, -0.15) is 26.3 Å². The molecule has 0 unspecified atom stereocenters. The molecule has 1 aromatic rings. The topological polar surface area (TPSA) is 84.2 Å². The van der Waals surface area contributed by atoms with Crippen molar-refractivity contribution in [3.63, 3.8) is 0 Å². The fourth-order valence-corrected chi connectivity index (χ4v) is 2.74. The molecular formula is C11H16F3N3O2S. The summed E-state index contributed by atoms with van der Waals surface area (Å²) in [7, 11) is -3.92. The zero-order valence-corrected chi connectivity index (χ0v) is 12.0. The van der Waals surface area contributed by atoms with Gasteiger partial charge in [0.05, 0.1) is 16.9 Å². The standard InChI is InChI=1S/C11H16F3N3O2S/c1-10(2,3)17-20(18,19)16-9-5-4-7(6-8(9)15)11(12,13)14/h4-6,16-17H,15H2,1-3H3. The predicted molar refractivity (Wildman–Crippen MR) is 71.3 cm³/mol. The maximum Gasteiger partial charge on any atom is 0.416 e. The van der Waals surface area contributed by atoms with Crippen LogP contribution in [0.15, 0.2) is 18.2 Å². The Morgan fingerprint density at radius 3 is 2.10 bits per heavy atom. The summed E-state index contributed by atoms with van der Waals surface area (Å²) in [5, 5.41) is 0. The van der Waals surface area contributed by atoms with Crippen LogP contribution in [0.1, 0.15) is 26.3 Å². The number of anilines is 2. The van der Waals surface area contributed by atoms with Gasteiger partial charge in [-0.1, -0.05) is 0 Å². The van der Waals surface area contributed by atoms with Crippen molar-refractivity contribution in [3.05, 3.63) is 23.8 Å². The number of nitrogens with one attached hydrogen (secondary N) is 2. The van der Waals surface area contributed by atoms with E-state index in [9.17, 15) is 21.6 Å². The number of hydrogen-bond donors (Lipinski definition) is 3. The average molecular weight is 311 g/mol. The van der Waals surface area contributed by atoms with Crippen molar-refractivity contribution in [1.82, 2.24) is 4.72 Å². The molecule has 114 valence electrons. The van der Waals surface area contributed by atoms with E-state index in [4.69, 9.17) is 5.73 Å². The van der Waals surface area contributed by atoms with Crippen LogP contribution in [-0.2, 0) is 16.4 Å². The quantitative estimate of drug-likeness (QED) is 0.749. The van der Waals surface area contributed by atoms with Crippen LogP contribution in [0.2, 0.25) is 0 Å². The molecule has 9 heteroatoms. The smallest absolute Gasteiger partial charge is 0.397 e. The lowest BCUT2D eigenvalue weighted by atomic mass is 10.1. The molecule has 0 aliphatic rings. The number of hydrogen-bond acceptors (Lipinski definition) is 3. The first kappa shape index (κ1) is 16.6. The van der Waals surface area contributed by atoms with E-state index < -0.39 is 27.5 Å². The third-order valence-corrected chi connectivity index (χ3v) is 3.43. The van der Waals surface area contributed by atoms with Gasteiger partial charge in [0, 0.05) is 5.54 Å². The lowest BCUT2D eigenvalue weighted by Crippen LogP contribution is -2.43. The highest BCUT2D eigenvalue weighted by atomic mass is 32.2. The van der Waals surface area contributed by atoms with Gasteiger partial charge in [-0.25, -0.2) is 0 Å². The van der Waals surface area contributed by atoms with Crippen LogP contribution >= 0.6 is 0 Å². The van der Waals surface area contributed by atoms with Crippen LogP contribution in [0.3, 0.4) is 0 Å². The third kappa shape index (κ3) is 4.89. The highest BCUT2D eigenvalue weighted by molar-refractivity contribution is 7.90. The van der Waals surface area contributed by atoms with Gasteiger partial charge in [0.15, 0.2) is 0 Å². The van der Waals surface area contributed by atoms with Crippen molar-refractivity contribution in [2.24, 2.45) is 0 Å². The second-order valence-electron chi connectivity index (χ2n) is 5.26. The molecule has 0 aliphatic carbocycles. The van der Waals surface area contributed by atoms with Gasteiger partial charge in [0.2, 0.25) is 0 Å². The summed E-state index contributed by atoms with van der Waals surface area (Å²) in [6, 6.07) is 2.40. The van der Waals surface area contributed by atoms with Crippen LogP contribution < -0.4 is 15.2 Å². The van der Waals surface area contributed by atoms with Crippen molar-refractivity contribution < 1.29 is 21.6 Å². The van der Waals surface area contributed by atoms with E-state index in [1.165, 1.54) is 0 Å². The summed E-state index contributed by atoms with van der Waals surface area (Å²) in [5.41, 5.74) is 3.34. The molecule has 20 heavy (non-hydrogen) atoms. The van der Waals surface area contributed by atoms with Crippen molar-refractivity contribution >= 4 is 21.6 Å². The molecule has 1 aromatic carbocycles. The number of alkyl halides is 3. The molecule has 0 heterocycles. The number of benzene rings is 1. The van der Waals surface area contributed by atoms with E-state index in [0.717, 1.165) is 12.1 Å². The molecule has 1 rings (SSSR count). The van der Waals surface area contributed by atoms with Gasteiger partial charge in [-0.3, -0.25) is 4.72 Å². The number of nitrogen functional groups attached to an aromatic ring is 1. The fraction of sp³-hybridized carbons (Fsp3) is 0.455. The molecule has 0 aliphatic heterocycles. The van der Waals surface area contributed by atoms with Gasteiger partial charge >= 0.3 is 6.18 Å². The molecule has 0 amide bonds. The lowest BCUT2D eigenvalue weighted by molar-refractivity contribution is -0.137. The largest absolute Gasteiger partial charge is 0.416 e. The number of nitrogens with two attached hydrogens (primary N) is 1. The van der Waals surface area contributed by atoms with Gasteiger partial charge in [-0.15, -0.1) is 0 Å². The maximum atomic E-state index is 12.5. The average Bonchev–Trinajstić information content (AvgIpc) is 2.15. The van der Waals surface area contributed by atoms with Crippen molar-refractivity contribution in [2.45, 2.75) is 32.5 Å². The Kier molecular flexibility index (Phi) is 4.25. The SMILES string of the molecule is CC(C)(C)NS(=O)(=O)Nc1ccc(C(F)(F)F)cc1N. The van der Waals surface area contributed by atoms with E-state index in [0.29, 0.717) is 6.07 Å². The minimum Gasteiger partial charge on any atom is -0.397 e. The zero-order valence-electron chi connectivity index (χ0n) is 11.2. The van der Waals surface area contributed by atoms with Crippen molar-refractivity contribution in [2.75, 3.05) is 10.5 Å². The van der Waals surface area contributed by atoms with E-state index >= 15 is 0 Å². The summed E-state index contributed by atoms with van der Waals surface area (Å²) in [6.07, 6.45) is -4.53. The van der Waals surface area contributed by atoms with Crippen molar-refractivity contribution in [3.8, 4) is 0 Å². The van der Waals surface area contributed by atoms with E-state index in [-0.39, 0.29) is 11.4 Å². The van der Waals surface area contributed by atoms with Crippen molar-refractivity contribution in [1.29, 1.82) is 0 Å². The van der Waals surface area contributed by atoms with Crippen LogP contribution in [0.25, 0.3) is 0 Å². The first-order valence-electron chi connectivity index (χ1n) is 5.59. The normalized spacial score (nSPS) is 13.3. The summed E-state index contributed by atoms with van der Waals surface area (Å²) in [6.45, 7) is 4.88. The minimum atomic E-state index is -4.53. The lowest BCUT2D eigenvalue weighted by Gasteiger charge is -2.21. The first-order valence-corrected chi connectivity index (χ1v) is 7.07. The Labute approximate surface area is 115 Å². The van der Waals surface area contributed by atoms with E-state index in [1.807, 2.05) is 0 Å². The maximum absolute atomic E-state index is 12.5. The Bertz CT molecular complexity index is 592. The van der Waals surface area contributed by atoms with Crippen LogP contribution in [0.5, 0.6) is 0 Å². The van der Waals surface area contributed by atoms with Gasteiger partial charge < -0.3 is 5.73 Å². The summed E-state index contributed by atoms with van der Waals surface area (Å²) >= 11 is 0. The molecule has 0 spiro atoms. The Morgan fingerprint density at radius 1 is 1.15 bits per heavy atom. The van der Waals surface area contributed by atoms with Gasteiger partial charge in [0.1, 0.15) is 0 Å². The van der Waals surface area contributed by atoms with E-state index in [1.54, 1.807) is 20.8 Å². The fourth-order valence-electron chi connectivity index (χ4n) is 1.41. The monoisotopic (exact) mass is 311 g/mol. The highest BCUT2D eigenvalue weighted by Crippen LogP contribution is 2.33. The zero-order chi connectivity index (χ0) is 15.8. The minimum absolute atomic E-state index is 0.116. The second kappa shape index (κ2) is 5.13. The molecule has 0 saturated carbocycles. The molecular weight excluding hydrogens is 295 g/mol. The van der Waals surface area contributed by atoms with Crippen LogP contribution in [-0.4, -0.2) is 14.0 Å². The predicted octanol–water partition coefficient (Wildman–Crippen LogP) is 2.33. The highest BCUT2D eigenvalue weighted by Gasteiger charge is 2.31. The molecule has 0 radical (unpaired) electrons. The summed E-state index contributed by atoms with van der Waals surface area (Å²) in [5.74, 6) is 0. The Balaban J connectivity index is 3.01.